The summed E-state index contributed by atoms with van der Waals surface area (Å²) >= 11 is 9.56. The molecular weight excluding hydrogens is 458 g/mol. The largest absolute Gasteiger partial charge is 0.334 e. The van der Waals surface area contributed by atoms with E-state index in [9.17, 15) is 4.79 Å². The van der Waals surface area contributed by atoms with E-state index in [0.717, 1.165) is 58.6 Å². The van der Waals surface area contributed by atoms with Gasteiger partial charge >= 0.3 is 0 Å². The van der Waals surface area contributed by atoms with E-state index in [4.69, 9.17) is 16.6 Å². The molecule has 2 aliphatic heterocycles. The molecule has 1 saturated carbocycles. The molecule has 4 nitrogen and oxygen atoms in total. The van der Waals surface area contributed by atoms with Crippen molar-refractivity contribution in [2.45, 2.75) is 56.9 Å². The van der Waals surface area contributed by atoms with Crippen molar-refractivity contribution in [3.63, 3.8) is 0 Å². The zero-order valence-corrected chi connectivity index (χ0v) is 20.7. The maximum absolute atomic E-state index is 13.8. The van der Waals surface area contributed by atoms with E-state index in [1.807, 2.05) is 30.0 Å². The fourth-order valence-electron chi connectivity index (χ4n) is 4.53. The Kier molecular flexibility index (Phi) is 6.28. The Morgan fingerprint density at radius 3 is 2.62 bits per heavy atom. The zero-order valence-electron chi connectivity index (χ0n) is 18.3. The van der Waals surface area contributed by atoms with Crippen LogP contribution in [0.15, 0.2) is 62.3 Å². The Hall–Kier alpha value is -1.89. The quantitative estimate of drug-likeness (QED) is 0.427. The molecule has 1 amide bonds. The Balaban J connectivity index is 1.57. The second-order valence-corrected chi connectivity index (χ2v) is 10.8. The van der Waals surface area contributed by atoms with Gasteiger partial charge in [0.15, 0.2) is 5.17 Å². The summed E-state index contributed by atoms with van der Waals surface area (Å²) in [6, 6.07) is 14.4. The molecule has 0 aromatic heterocycles. The van der Waals surface area contributed by atoms with Crippen LogP contribution in [0.25, 0.3) is 0 Å². The van der Waals surface area contributed by atoms with E-state index in [0.29, 0.717) is 5.02 Å². The fraction of sp³-hybridized carbons (Fsp3) is 0.360. The summed E-state index contributed by atoms with van der Waals surface area (Å²) < 4.78 is 0. The van der Waals surface area contributed by atoms with Gasteiger partial charge in [0.1, 0.15) is 9.93 Å². The van der Waals surface area contributed by atoms with E-state index in [-0.39, 0.29) is 11.9 Å². The monoisotopic (exact) mass is 483 g/mol. The van der Waals surface area contributed by atoms with Crippen LogP contribution in [0, 0.1) is 6.92 Å². The summed E-state index contributed by atoms with van der Waals surface area (Å²) in [5.41, 5.74) is 2.99. The third-order valence-electron chi connectivity index (χ3n) is 6.25. The van der Waals surface area contributed by atoms with Crippen LogP contribution in [-0.4, -0.2) is 28.6 Å². The van der Waals surface area contributed by atoms with Gasteiger partial charge in [0.05, 0.1) is 11.4 Å². The first kappa shape index (κ1) is 21.9. The van der Waals surface area contributed by atoms with Gasteiger partial charge in [-0.3, -0.25) is 9.69 Å². The average molecular weight is 484 g/mol. The predicted octanol–water partition coefficient (Wildman–Crippen LogP) is 7.35. The maximum Gasteiger partial charge on any atom is 0.269 e. The van der Waals surface area contributed by atoms with Gasteiger partial charge in [-0.15, -0.1) is 0 Å². The topological polar surface area (TPSA) is 35.9 Å². The number of carbonyl (C=O) groups is 1. The van der Waals surface area contributed by atoms with E-state index in [1.165, 1.54) is 28.8 Å². The number of para-hydroxylation sites is 1. The number of benzene rings is 2. The number of hydrogen-bond acceptors (Lipinski definition) is 5. The summed E-state index contributed by atoms with van der Waals surface area (Å²) in [6.45, 7) is 4.94. The van der Waals surface area contributed by atoms with Gasteiger partial charge < -0.3 is 4.90 Å². The van der Waals surface area contributed by atoms with Gasteiger partial charge in [-0.25, -0.2) is 4.99 Å². The molecule has 2 aromatic rings. The highest BCUT2D eigenvalue weighted by Gasteiger charge is 2.42. The number of anilines is 1. The van der Waals surface area contributed by atoms with Gasteiger partial charge in [-0.2, -0.15) is 0 Å². The molecule has 5 rings (SSSR count). The minimum atomic E-state index is 0.0904. The first-order valence-electron chi connectivity index (χ1n) is 11.2. The second kappa shape index (κ2) is 9.16. The molecule has 32 heavy (non-hydrogen) atoms. The molecule has 0 bridgehead atoms. The van der Waals surface area contributed by atoms with Crippen LogP contribution in [-0.2, 0) is 4.79 Å². The van der Waals surface area contributed by atoms with E-state index in [1.54, 1.807) is 11.8 Å². The molecule has 0 atom stereocenters. The summed E-state index contributed by atoms with van der Waals surface area (Å²) in [5.74, 6) is 0.0904. The maximum atomic E-state index is 13.8. The first-order valence-corrected chi connectivity index (χ1v) is 13.2. The number of carbonyl (C=O) groups excluding carboxylic acids is 1. The van der Waals surface area contributed by atoms with Gasteiger partial charge in [0.25, 0.3) is 5.91 Å². The van der Waals surface area contributed by atoms with Crippen molar-refractivity contribution in [3.8, 4) is 0 Å². The number of aliphatic imine (C=N–C) groups is 1. The molecule has 1 saturated heterocycles. The highest BCUT2D eigenvalue weighted by molar-refractivity contribution is 8.19. The number of halogens is 1. The van der Waals surface area contributed by atoms with Crippen LogP contribution < -0.4 is 4.90 Å². The van der Waals surface area contributed by atoms with Crippen LogP contribution >= 0.6 is 35.1 Å². The Bertz CT molecular complexity index is 1120. The predicted molar refractivity (Wildman–Crippen MR) is 137 cm³/mol. The molecular formula is C25H26ClN3OS2. The van der Waals surface area contributed by atoms with Crippen molar-refractivity contribution < 1.29 is 4.79 Å². The number of amidine groups is 1. The van der Waals surface area contributed by atoms with Crippen molar-refractivity contribution in [2.24, 2.45) is 4.99 Å². The number of nitrogens with zero attached hydrogens (tertiary/aromatic N) is 3. The lowest BCUT2D eigenvalue weighted by molar-refractivity contribution is -0.124. The molecule has 0 N–H and O–H groups in total. The summed E-state index contributed by atoms with van der Waals surface area (Å²) in [6.07, 6.45) is 5.64. The smallest absolute Gasteiger partial charge is 0.269 e. The molecule has 3 aliphatic rings. The molecule has 0 unspecified atom stereocenters. The Morgan fingerprint density at radius 2 is 1.88 bits per heavy atom. The average Bonchev–Trinajstić information content (AvgIpc) is 3.33. The highest BCUT2D eigenvalue weighted by Crippen LogP contribution is 2.51. The van der Waals surface area contributed by atoms with Crippen molar-refractivity contribution in [2.75, 3.05) is 11.4 Å². The zero-order chi connectivity index (χ0) is 22.2. The van der Waals surface area contributed by atoms with Crippen molar-refractivity contribution in [1.29, 1.82) is 0 Å². The second-order valence-electron chi connectivity index (χ2n) is 8.35. The number of amides is 1. The molecule has 0 radical (unpaired) electrons. The minimum absolute atomic E-state index is 0.0904. The van der Waals surface area contributed by atoms with E-state index < -0.39 is 0 Å². The SMILES string of the molecule is CCN1/C(=C2/SC(=Nc3ccc(C)c(Cl)c3)N(C3CCCCC3)C2=O)Sc2ccccc21. The van der Waals surface area contributed by atoms with Crippen LogP contribution in [0.3, 0.4) is 0 Å². The van der Waals surface area contributed by atoms with Gasteiger partial charge in [0.2, 0.25) is 0 Å². The summed E-state index contributed by atoms with van der Waals surface area (Å²) in [5, 5.41) is 2.50. The number of hydrogen-bond donors (Lipinski definition) is 0. The number of aryl methyl sites for hydroxylation is 1. The lowest BCUT2D eigenvalue weighted by Gasteiger charge is -2.30. The minimum Gasteiger partial charge on any atom is -0.334 e. The molecule has 2 aromatic carbocycles. The fourth-order valence-corrected chi connectivity index (χ4v) is 7.16. The van der Waals surface area contributed by atoms with E-state index >= 15 is 0 Å². The van der Waals surface area contributed by atoms with Crippen LogP contribution in [0.1, 0.15) is 44.6 Å². The van der Waals surface area contributed by atoms with Gasteiger partial charge in [0, 0.05) is 22.5 Å². The molecule has 2 heterocycles. The van der Waals surface area contributed by atoms with Crippen LogP contribution in [0.4, 0.5) is 11.4 Å². The summed E-state index contributed by atoms with van der Waals surface area (Å²) in [4.78, 5) is 25.0. The third kappa shape index (κ3) is 3.97. The molecule has 7 heteroatoms. The number of thioether (sulfide) groups is 2. The lowest BCUT2D eigenvalue weighted by atomic mass is 9.94. The molecule has 1 aliphatic carbocycles. The summed E-state index contributed by atoms with van der Waals surface area (Å²) in [7, 11) is 0. The molecule has 0 spiro atoms. The normalized spacial score (nSPS) is 22.8. The standard InChI is InChI=1S/C25H26ClN3OS2/c1-3-28-20-11-7-8-12-21(20)31-24(28)22-23(30)29(18-9-5-4-6-10-18)25(32-22)27-17-14-13-16(2)19(26)15-17/h7-8,11-15,18H,3-6,9-10H2,1-2H3/b24-22-,27-25?. The van der Waals surface area contributed by atoms with Crippen molar-refractivity contribution in [1.82, 2.24) is 4.90 Å². The Morgan fingerprint density at radius 1 is 1.09 bits per heavy atom. The van der Waals surface area contributed by atoms with Crippen LogP contribution in [0.5, 0.6) is 0 Å². The van der Waals surface area contributed by atoms with Crippen LogP contribution in [0.2, 0.25) is 5.02 Å². The Labute approximate surface area is 203 Å². The van der Waals surface area contributed by atoms with E-state index in [2.05, 4.69) is 36.1 Å². The van der Waals surface area contributed by atoms with Gasteiger partial charge in [-0.1, -0.05) is 60.8 Å². The first-order chi connectivity index (χ1) is 15.6. The number of rotatable bonds is 3. The lowest BCUT2D eigenvalue weighted by Crippen LogP contribution is -2.40. The third-order valence-corrected chi connectivity index (χ3v) is 9.01. The van der Waals surface area contributed by atoms with Crippen molar-refractivity contribution in [3.05, 3.63) is 63.0 Å². The number of fused-ring (bicyclic) bond motifs is 1. The van der Waals surface area contributed by atoms with Crippen molar-refractivity contribution >= 4 is 57.6 Å². The van der Waals surface area contributed by atoms with Gasteiger partial charge in [-0.05, 0) is 68.3 Å². The molecule has 2 fully saturated rings. The molecule has 166 valence electrons. The highest BCUT2D eigenvalue weighted by atomic mass is 35.5.